The lowest BCUT2D eigenvalue weighted by molar-refractivity contribution is 0.0430. The zero-order chi connectivity index (χ0) is 24.1. The van der Waals surface area contributed by atoms with Gasteiger partial charge in [-0.15, -0.1) is 0 Å². The molecular weight excluding hydrogens is 440 g/mol. The molecule has 6 N–H and O–H groups in total. The minimum Gasteiger partial charge on any atom is -0.485 e. The number of hydrogen-bond donors (Lipinski definition) is 3. The van der Waals surface area contributed by atoms with E-state index in [-0.39, 0.29) is 23.2 Å². The number of carbonyl (C=O) groups excluding carboxylic acids is 1. The van der Waals surface area contributed by atoms with Crippen LogP contribution in [0.15, 0.2) is 46.6 Å². The van der Waals surface area contributed by atoms with Crippen LogP contribution in [0.25, 0.3) is 0 Å². The lowest BCUT2D eigenvalue weighted by Gasteiger charge is -2.41. The highest BCUT2D eigenvalue weighted by atomic mass is 32.2. The van der Waals surface area contributed by atoms with Gasteiger partial charge in [0, 0.05) is 44.6 Å². The van der Waals surface area contributed by atoms with E-state index in [9.17, 15) is 4.79 Å². The van der Waals surface area contributed by atoms with E-state index in [1.165, 1.54) is 13.1 Å². The Morgan fingerprint density at radius 1 is 1.21 bits per heavy atom. The Morgan fingerprint density at radius 2 is 1.97 bits per heavy atom. The molecule has 1 spiro atoms. The molecule has 1 saturated heterocycles. The van der Waals surface area contributed by atoms with Gasteiger partial charge in [-0.3, -0.25) is 4.79 Å². The highest BCUT2D eigenvalue weighted by Gasteiger charge is 2.48. The van der Waals surface area contributed by atoms with Crippen LogP contribution in [-0.4, -0.2) is 44.4 Å². The van der Waals surface area contributed by atoms with E-state index in [1.807, 2.05) is 29.2 Å². The Bertz CT molecular complexity index is 1280. The zero-order valence-corrected chi connectivity index (χ0v) is 18.8. The third-order valence-electron chi connectivity index (χ3n) is 5.90. The molecule has 10 nitrogen and oxygen atoms in total. The van der Waals surface area contributed by atoms with Crippen molar-refractivity contribution >= 4 is 35.1 Å². The van der Waals surface area contributed by atoms with Crippen LogP contribution < -0.4 is 26.8 Å². The molecule has 5 rings (SSSR count). The van der Waals surface area contributed by atoms with Gasteiger partial charge in [0.05, 0.1) is 7.39 Å². The average Bonchev–Trinajstić information content (AvgIpc) is 3.01. The number of piperidine rings is 1. The quantitative estimate of drug-likeness (QED) is 0.383. The minimum atomic E-state index is -1.37. The van der Waals surface area contributed by atoms with E-state index in [4.69, 9.17) is 23.3 Å². The Morgan fingerprint density at radius 3 is 2.67 bits per heavy atom. The summed E-state index contributed by atoms with van der Waals surface area (Å²) < 4.78 is 15.1. The van der Waals surface area contributed by atoms with Gasteiger partial charge in [0.25, 0.3) is 0 Å². The number of aromatic nitrogens is 4. The molecule has 11 heteroatoms. The van der Waals surface area contributed by atoms with Gasteiger partial charge >= 0.3 is 0 Å². The molecule has 1 aromatic carbocycles. The van der Waals surface area contributed by atoms with Gasteiger partial charge in [-0.05, 0) is 23.9 Å². The maximum Gasteiger partial charge on any atom is 0.221 e. The lowest BCUT2D eigenvalue weighted by atomic mass is 9.83. The summed E-state index contributed by atoms with van der Waals surface area (Å²) in [6, 6.07) is 7.71. The lowest BCUT2D eigenvalue weighted by Crippen LogP contribution is -2.52. The number of hydrogen-bond acceptors (Lipinski definition) is 11. The molecule has 2 aliphatic rings. The van der Waals surface area contributed by atoms with Crippen molar-refractivity contribution in [3.63, 3.8) is 0 Å². The van der Waals surface area contributed by atoms with Crippen molar-refractivity contribution in [1.82, 2.24) is 19.9 Å². The summed E-state index contributed by atoms with van der Waals surface area (Å²) in [6.45, 7) is 2.40. The molecule has 0 amide bonds. The predicted octanol–water partition coefficient (Wildman–Crippen LogP) is 2.22. The first-order chi connectivity index (χ1) is 16.2. The normalized spacial score (nSPS) is 21.4. The second-order valence-electron chi connectivity index (χ2n) is 7.99. The van der Waals surface area contributed by atoms with Crippen molar-refractivity contribution in [3.05, 3.63) is 47.8 Å². The highest BCUT2D eigenvalue weighted by molar-refractivity contribution is 7.99. The third kappa shape index (κ3) is 3.83. The molecule has 2 aliphatic heterocycles. The molecule has 0 aliphatic carbocycles. The largest absolute Gasteiger partial charge is 0.485 e. The maximum atomic E-state index is 12.5. The summed E-state index contributed by atoms with van der Waals surface area (Å²) in [6.07, 6.45) is 2.50. The van der Waals surface area contributed by atoms with E-state index < -0.39 is 11.6 Å². The molecule has 0 radical (unpaired) electrons. The van der Waals surface area contributed by atoms with Crippen LogP contribution in [0, 0.1) is 0 Å². The van der Waals surface area contributed by atoms with Crippen molar-refractivity contribution in [3.8, 4) is 5.75 Å². The number of para-hydroxylation sites is 1. The number of benzene rings is 1. The maximum absolute atomic E-state index is 12.5. The number of rotatable bonds is 4. The van der Waals surface area contributed by atoms with Crippen LogP contribution >= 0.6 is 11.8 Å². The molecule has 1 fully saturated rings. The first kappa shape index (κ1) is 20.2. The van der Waals surface area contributed by atoms with Crippen LogP contribution in [-0.2, 0) is 0 Å². The number of Topliss-reactive ketones (excluding diaryl/α,β-unsaturated/α-hetero) is 1. The summed E-state index contributed by atoms with van der Waals surface area (Å²) in [7, 11) is 0. The molecule has 0 bridgehead atoms. The number of fused-ring (bicyclic) bond motifs is 1. The SMILES string of the molecule is [2H][C@@]1(N)c2ccccc2OC12CCN(c1nc(N)c(Sc3ccnc(N)n3)nc1C(C)=O)CC2. The van der Waals surface area contributed by atoms with Gasteiger partial charge in [0.1, 0.15) is 27.1 Å². The molecule has 0 unspecified atom stereocenters. The summed E-state index contributed by atoms with van der Waals surface area (Å²) in [5, 5.41) is 0.908. The fourth-order valence-corrected chi connectivity index (χ4v) is 4.96. The van der Waals surface area contributed by atoms with Gasteiger partial charge < -0.3 is 26.8 Å². The minimum absolute atomic E-state index is 0.129. The number of anilines is 3. The van der Waals surface area contributed by atoms with Crippen LogP contribution in [0.3, 0.4) is 0 Å². The Balaban J connectivity index is 1.41. The van der Waals surface area contributed by atoms with Crippen LogP contribution in [0.1, 0.15) is 43.2 Å². The van der Waals surface area contributed by atoms with Gasteiger partial charge in [-0.25, -0.2) is 19.9 Å². The molecule has 1 atom stereocenters. The van der Waals surface area contributed by atoms with Crippen molar-refractivity contribution in [2.45, 2.75) is 41.4 Å². The summed E-state index contributed by atoms with van der Waals surface area (Å²) in [4.78, 5) is 31.5. The highest BCUT2D eigenvalue weighted by Crippen LogP contribution is 2.47. The molecule has 3 aromatic rings. The number of carbonyl (C=O) groups is 1. The number of ether oxygens (including phenoxy) is 1. The van der Waals surface area contributed by atoms with Crippen molar-refractivity contribution < 1.29 is 10.9 Å². The van der Waals surface area contributed by atoms with E-state index in [0.29, 0.717) is 53.1 Å². The van der Waals surface area contributed by atoms with Crippen LogP contribution in [0.2, 0.25) is 0 Å². The van der Waals surface area contributed by atoms with E-state index in [0.717, 1.165) is 11.8 Å². The molecule has 33 heavy (non-hydrogen) atoms. The molecule has 4 heterocycles. The Kier molecular flexibility index (Phi) is 4.99. The first-order valence-electron chi connectivity index (χ1n) is 11.0. The second-order valence-corrected chi connectivity index (χ2v) is 9.00. The number of nitrogens with two attached hydrogens (primary N) is 3. The van der Waals surface area contributed by atoms with Gasteiger partial charge in [-0.1, -0.05) is 18.2 Å². The summed E-state index contributed by atoms with van der Waals surface area (Å²) in [5.74, 6) is 1.14. The van der Waals surface area contributed by atoms with E-state index in [1.54, 1.807) is 6.07 Å². The van der Waals surface area contributed by atoms with E-state index in [2.05, 4.69) is 19.9 Å². The van der Waals surface area contributed by atoms with Gasteiger partial charge in [0.2, 0.25) is 5.95 Å². The summed E-state index contributed by atoms with van der Waals surface area (Å²) >= 11 is 1.16. The topological polar surface area (TPSA) is 159 Å². The first-order valence-corrected chi connectivity index (χ1v) is 11.3. The van der Waals surface area contributed by atoms with Crippen molar-refractivity contribution in [2.75, 3.05) is 29.5 Å². The van der Waals surface area contributed by atoms with Gasteiger partial charge in [0.15, 0.2) is 17.4 Å². The summed E-state index contributed by atoms with van der Waals surface area (Å²) in [5.41, 5.74) is 18.4. The standard InChI is InChI=1S/C22H24N8O2S/c1-12(31)16-19(29-18(24)20(28-16)33-15-6-9-26-21(25)27-15)30-10-7-22(8-11-30)17(23)13-4-2-3-5-14(13)32-22/h2-6,9,17H,7-8,10-11,23H2,1H3,(H2,24,29)(H2,25,26,27)/t17-/m1/s1/i17D. The monoisotopic (exact) mass is 465 g/mol. The fraction of sp³-hybridized carbons (Fsp3) is 0.318. The number of nitrogens with zero attached hydrogens (tertiary/aromatic N) is 5. The van der Waals surface area contributed by atoms with Crippen LogP contribution in [0.5, 0.6) is 5.75 Å². The molecule has 2 aromatic heterocycles. The van der Waals surface area contributed by atoms with E-state index >= 15 is 0 Å². The second kappa shape index (κ2) is 8.16. The van der Waals surface area contributed by atoms with Crippen molar-refractivity contribution in [1.29, 1.82) is 0 Å². The third-order valence-corrected chi connectivity index (χ3v) is 6.83. The Labute approximate surface area is 196 Å². The zero-order valence-electron chi connectivity index (χ0n) is 19.0. The number of ketones is 1. The fourth-order valence-electron chi connectivity index (χ4n) is 4.21. The number of nitrogen functional groups attached to an aromatic ring is 2. The molecule has 170 valence electrons. The van der Waals surface area contributed by atoms with Crippen molar-refractivity contribution in [2.24, 2.45) is 5.73 Å². The smallest absolute Gasteiger partial charge is 0.221 e. The van der Waals surface area contributed by atoms with Gasteiger partial charge in [-0.2, -0.15) is 0 Å². The van der Waals surface area contributed by atoms with Crippen LogP contribution in [0.4, 0.5) is 17.6 Å². The molecule has 0 saturated carbocycles. The Hall–Kier alpha value is -3.44. The molecular formula is C22H24N8O2S. The predicted molar refractivity (Wildman–Crippen MR) is 125 cm³/mol. The average molecular weight is 466 g/mol.